The van der Waals surface area contributed by atoms with Gasteiger partial charge in [-0.3, -0.25) is 43.9 Å². The zero-order valence-corrected chi connectivity index (χ0v) is 31.4. The number of hydrogen-bond acceptors (Lipinski definition) is 16. The summed E-state index contributed by atoms with van der Waals surface area (Å²) in [5.74, 6) is -1.00. The second-order valence-corrected chi connectivity index (χ2v) is 11.0. The molecule has 4 rings (SSSR count). The maximum absolute atomic E-state index is 12.6. The van der Waals surface area contributed by atoms with Crippen LogP contribution in [-0.2, 0) is 29.9 Å². The maximum Gasteiger partial charge on any atom is 0.271 e. The summed E-state index contributed by atoms with van der Waals surface area (Å²) in [5, 5.41) is 76.9. The summed E-state index contributed by atoms with van der Waals surface area (Å²) in [6.07, 6.45) is 6.21. The van der Waals surface area contributed by atoms with Crippen molar-refractivity contribution < 1.29 is 46.7 Å². The summed E-state index contributed by atoms with van der Waals surface area (Å²) in [4.78, 5) is 49.4. The number of ether oxygens (including phenoxy) is 1. The fraction of sp³-hybridized carbons (Fsp3) is 0.200. The molecule has 0 aliphatic rings. The maximum atomic E-state index is 12.6. The first-order chi connectivity index (χ1) is 26.2. The fourth-order valence-electron chi connectivity index (χ4n) is 4.77. The summed E-state index contributed by atoms with van der Waals surface area (Å²) in [6, 6.07) is 8.42. The first kappa shape index (κ1) is 44.8. The molecule has 0 saturated heterocycles. The largest absolute Gasteiger partial charge is 0.506 e. The van der Waals surface area contributed by atoms with Gasteiger partial charge < -0.3 is 20.1 Å². The average Bonchev–Trinajstić information content (AvgIpc) is 3.15. The number of aromatic hydroxyl groups is 3. The molecule has 0 amide bonds. The van der Waals surface area contributed by atoms with Gasteiger partial charge in [0.1, 0.15) is 40.2 Å². The number of nitriles is 1. The van der Waals surface area contributed by atoms with Gasteiger partial charge in [-0.1, -0.05) is 18.2 Å². The molecule has 4 aromatic rings. The third-order valence-electron chi connectivity index (χ3n) is 7.59. The number of non-ortho nitro benzene ring substituents is 2. The van der Waals surface area contributed by atoms with E-state index in [1.807, 2.05) is 6.07 Å². The molecule has 0 fully saturated rings. The summed E-state index contributed by atoms with van der Waals surface area (Å²) in [5.41, 5.74) is -1.14. The van der Waals surface area contributed by atoms with Gasteiger partial charge in [-0.2, -0.15) is 5.26 Å². The Morgan fingerprint density at radius 3 is 1.86 bits per heavy atom. The van der Waals surface area contributed by atoms with Gasteiger partial charge in [-0.15, -0.1) is 27.0 Å². The van der Waals surface area contributed by atoms with E-state index in [2.05, 4.69) is 32.0 Å². The number of azo groups is 2. The van der Waals surface area contributed by atoms with Crippen molar-refractivity contribution in [2.24, 2.45) is 25.4 Å². The van der Waals surface area contributed by atoms with Gasteiger partial charge in [-0.25, -0.2) is 0 Å². The molecular formula is C35H34CoN10O10. The van der Waals surface area contributed by atoms with Crippen LogP contribution in [0.5, 0.6) is 23.3 Å². The van der Waals surface area contributed by atoms with Gasteiger partial charge in [0.25, 0.3) is 22.5 Å². The second kappa shape index (κ2) is 20.2. The third kappa shape index (κ3) is 10.0. The van der Waals surface area contributed by atoms with E-state index in [1.165, 1.54) is 37.9 Å². The number of aromatic nitrogens is 2. The van der Waals surface area contributed by atoms with Gasteiger partial charge in [0.05, 0.1) is 22.5 Å². The number of aliphatic imine (C=N–C) groups is 1. The van der Waals surface area contributed by atoms with E-state index in [4.69, 9.17) is 4.74 Å². The van der Waals surface area contributed by atoms with Crippen LogP contribution in [0.15, 0.2) is 96.2 Å². The number of methoxy groups -OCH3 is 1. The molecule has 2 heterocycles. The van der Waals surface area contributed by atoms with Crippen molar-refractivity contribution in [1.82, 2.24) is 9.13 Å². The average molecular weight is 814 g/mol. The van der Waals surface area contributed by atoms with Crippen LogP contribution in [0.4, 0.5) is 34.1 Å². The number of hydrogen-bond donors (Lipinski definition) is 3. The number of nitro groups is 2. The molecule has 0 spiro atoms. The number of nitrogens with zero attached hydrogens (tertiary/aromatic N) is 10. The van der Waals surface area contributed by atoms with Crippen molar-refractivity contribution >= 4 is 40.3 Å². The monoisotopic (exact) mass is 813 g/mol. The van der Waals surface area contributed by atoms with Gasteiger partial charge in [0.2, 0.25) is 11.8 Å². The molecule has 0 atom stereocenters. The Balaban J connectivity index is 0.000000380. The van der Waals surface area contributed by atoms with E-state index in [1.54, 1.807) is 26.0 Å². The fourth-order valence-corrected chi connectivity index (χ4v) is 4.77. The van der Waals surface area contributed by atoms with Crippen LogP contribution >= 0.6 is 0 Å². The molecule has 3 N–H and O–H groups in total. The summed E-state index contributed by atoms with van der Waals surface area (Å²) in [7, 11) is 2.83. The predicted molar refractivity (Wildman–Crippen MR) is 200 cm³/mol. The quantitative estimate of drug-likeness (QED) is 0.0441. The van der Waals surface area contributed by atoms with Crippen LogP contribution in [0.25, 0.3) is 0 Å². The Labute approximate surface area is 327 Å². The number of nitro benzene ring substituents is 2. The first-order valence-corrected chi connectivity index (χ1v) is 15.8. The van der Waals surface area contributed by atoms with Crippen molar-refractivity contribution in [3.63, 3.8) is 0 Å². The van der Waals surface area contributed by atoms with Gasteiger partial charge in [0, 0.05) is 73.0 Å². The minimum atomic E-state index is -0.637. The molecule has 2 aromatic heterocycles. The summed E-state index contributed by atoms with van der Waals surface area (Å²) in [6.45, 7) is 8.59. The Kier molecular flexibility index (Phi) is 16.2. The van der Waals surface area contributed by atoms with Crippen LogP contribution in [0, 0.1) is 45.4 Å². The molecule has 56 heavy (non-hydrogen) atoms. The predicted octanol–water partition coefficient (Wildman–Crippen LogP) is 6.77. The van der Waals surface area contributed by atoms with E-state index in [0.717, 1.165) is 41.0 Å². The molecule has 0 bridgehead atoms. The number of allylic oxidation sites excluding steroid dienone is 3. The Morgan fingerprint density at radius 1 is 0.875 bits per heavy atom. The number of phenols is 2. The van der Waals surface area contributed by atoms with Gasteiger partial charge in [0.15, 0.2) is 5.69 Å². The molecule has 0 aliphatic heterocycles. The molecule has 0 saturated carbocycles. The normalized spacial score (nSPS) is 11.0. The Bertz CT molecular complexity index is 2450. The van der Waals surface area contributed by atoms with Crippen molar-refractivity contribution in [3.05, 3.63) is 124 Å². The van der Waals surface area contributed by atoms with Crippen LogP contribution < -0.4 is 15.9 Å². The molecule has 0 unspecified atom stereocenters. The van der Waals surface area contributed by atoms with E-state index in [-0.39, 0.29) is 98.1 Å². The zero-order valence-electron chi connectivity index (χ0n) is 30.4. The molecule has 0 aliphatic carbocycles. The SMILES string of the molecule is C/C=C\Cn1c(O)c(N=Nc2cc([N+](=O)[O-])ccc2O)c(C)c(C=NC)c1=O.C=CCn1c(OC)c(N=Nc2cc([N+](=O)[O-])ccc2O)c(C)c(C#N)c1=O.[Co]. The minimum absolute atomic E-state index is 0. The van der Waals surface area contributed by atoms with E-state index >= 15 is 0 Å². The molecular weight excluding hydrogens is 779 g/mol. The van der Waals surface area contributed by atoms with Crippen molar-refractivity contribution in [1.29, 1.82) is 5.26 Å². The summed E-state index contributed by atoms with van der Waals surface area (Å²) >= 11 is 0. The van der Waals surface area contributed by atoms with Gasteiger partial charge >= 0.3 is 0 Å². The molecule has 1 radical (unpaired) electrons. The Morgan fingerprint density at radius 2 is 1.41 bits per heavy atom. The van der Waals surface area contributed by atoms with Crippen LogP contribution in [0.3, 0.4) is 0 Å². The van der Waals surface area contributed by atoms with Crippen LogP contribution in [-0.4, -0.2) is 54.7 Å². The number of rotatable bonds is 12. The first-order valence-electron chi connectivity index (χ1n) is 15.8. The molecule has 21 heteroatoms. The topological polar surface area (TPSA) is 286 Å². The molecule has 2 aromatic carbocycles. The smallest absolute Gasteiger partial charge is 0.271 e. The van der Waals surface area contributed by atoms with E-state index < -0.39 is 26.8 Å². The van der Waals surface area contributed by atoms with Crippen molar-refractivity contribution in [2.75, 3.05) is 14.2 Å². The van der Waals surface area contributed by atoms with Crippen molar-refractivity contribution in [3.8, 4) is 29.3 Å². The van der Waals surface area contributed by atoms with Gasteiger partial charge in [-0.05, 0) is 38.5 Å². The number of benzene rings is 2. The molecule has 293 valence electrons. The standard InChI is InChI=1S/C18H19N5O5.C17H15N5O5.Co/c1-4-5-8-22-17(25)13(10-19-3)11(2)16(18(22)26)21-20-14-9-12(23(27)28)6-7-15(14)24;1-4-7-21-16(24)12(9-18)10(2)15(17(21)27-3)20-19-13-8-11(22(25)26)5-6-14(13)23;/h4-7,9-10,24,26H,8H2,1-3H3;4-6,8,23H,1,7H2,2-3H3;/b5-4-,19-10?,21-20?;;. The van der Waals surface area contributed by atoms with E-state index in [9.17, 15) is 50.4 Å². The number of phenolic OH excluding ortho intramolecular Hbond substituents is 2. The van der Waals surface area contributed by atoms with Crippen LogP contribution in [0.2, 0.25) is 0 Å². The zero-order chi connectivity index (χ0) is 41.0. The third-order valence-corrected chi connectivity index (χ3v) is 7.59. The molecule has 20 nitrogen and oxygen atoms in total. The van der Waals surface area contributed by atoms with E-state index in [0.29, 0.717) is 5.56 Å². The number of pyridine rings is 2. The minimum Gasteiger partial charge on any atom is -0.506 e. The summed E-state index contributed by atoms with van der Waals surface area (Å²) < 4.78 is 7.52. The Hall–Kier alpha value is -7.31. The second-order valence-electron chi connectivity index (χ2n) is 11.0. The van der Waals surface area contributed by atoms with Crippen molar-refractivity contribution in [2.45, 2.75) is 33.9 Å². The van der Waals surface area contributed by atoms with Crippen LogP contribution in [0.1, 0.15) is 29.2 Å².